The van der Waals surface area contributed by atoms with E-state index in [0.717, 1.165) is 5.69 Å². The van der Waals surface area contributed by atoms with Crippen LogP contribution in [-0.2, 0) is 19.1 Å². The standard InChI is InChI=1S/C19H16BrClN2O4/c20-15-7-6-13(9-16(15)21)22-17(24)11-27-19(26)12-8-18(25)23(10-12)14-4-2-1-3-5-14/h1-7,9,12H,8,10-11H2,(H,22,24)/t12-/m0/s1. The molecule has 8 heteroatoms. The second-order valence-electron chi connectivity index (χ2n) is 6.03. The lowest BCUT2D eigenvalue weighted by atomic mass is 10.1. The Kier molecular flexibility index (Phi) is 6.13. The maximum Gasteiger partial charge on any atom is 0.311 e. The second kappa shape index (κ2) is 8.54. The molecule has 1 N–H and O–H groups in total. The van der Waals surface area contributed by atoms with Crippen molar-refractivity contribution in [2.24, 2.45) is 5.92 Å². The third kappa shape index (κ3) is 4.87. The minimum atomic E-state index is -0.590. The van der Waals surface area contributed by atoms with Crippen LogP contribution < -0.4 is 10.2 Å². The van der Waals surface area contributed by atoms with Gasteiger partial charge in [-0.3, -0.25) is 14.4 Å². The average Bonchev–Trinajstić information content (AvgIpc) is 3.05. The van der Waals surface area contributed by atoms with Gasteiger partial charge < -0.3 is 15.0 Å². The van der Waals surface area contributed by atoms with Crippen molar-refractivity contribution in [3.05, 3.63) is 58.0 Å². The number of amides is 2. The number of rotatable bonds is 5. The molecule has 2 aromatic carbocycles. The number of nitrogens with zero attached hydrogens (tertiary/aromatic N) is 1. The van der Waals surface area contributed by atoms with Gasteiger partial charge in [-0.1, -0.05) is 29.8 Å². The zero-order valence-corrected chi connectivity index (χ0v) is 16.5. The Hall–Kier alpha value is -2.38. The Morgan fingerprint density at radius 3 is 2.67 bits per heavy atom. The van der Waals surface area contributed by atoms with E-state index in [1.54, 1.807) is 23.1 Å². The first-order valence-electron chi connectivity index (χ1n) is 8.21. The molecule has 0 bridgehead atoms. The smallest absolute Gasteiger partial charge is 0.311 e. The molecule has 0 aliphatic carbocycles. The van der Waals surface area contributed by atoms with Crippen LogP contribution >= 0.6 is 27.5 Å². The second-order valence-corrected chi connectivity index (χ2v) is 7.29. The number of benzene rings is 2. The molecule has 0 radical (unpaired) electrons. The zero-order valence-electron chi connectivity index (χ0n) is 14.2. The molecule has 0 spiro atoms. The first-order valence-corrected chi connectivity index (χ1v) is 9.38. The van der Waals surface area contributed by atoms with Crippen molar-refractivity contribution in [3.63, 3.8) is 0 Å². The summed E-state index contributed by atoms with van der Waals surface area (Å²) in [5.41, 5.74) is 1.23. The van der Waals surface area contributed by atoms with Gasteiger partial charge >= 0.3 is 5.97 Å². The molecule has 1 atom stereocenters. The lowest BCUT2D eigenvalue weighted by Gasteiger charge is -2.16. The topological polar surface area (TPSA) is 75.7 Å². The molecule has 6 nitrogen and oxygen atoms in total. The van der Waals surface area contributed by atoms with Gasteiger partial charge in [0.1, 0.15) is 0 Å². The quantitative estimate of drug-likeness (QED) is 0.704. The number of hydrogen-bond donors (Lipinski definition) is 1. The van der Waals surface area contributed by atoms with E-state index in [0.29, 0.717) is 15.2 Å². The summed E-state index contributed by atoms with van der Waals surface area (Å²) >= 11 is 9.23. The number of carbonyl (C=O) groups excluding carboxylic acids is 3. The van der Waals surface area contributed by atoms with Crippen molar-refractivity contribution < 1.29 is 19.1 Å². The highest BCUT2D eigenvalue weighted by atomic mass is 79.9. The average molecular weight is 452 g/mol. The Morgan fingerprint density at radius 2 is 1.96 bits per heavy atom. The van der Waals surface area contributed by atoms with Gasteiger partial charge in [0, 0.05) is 28.8 Å². The molecule has 2 aromatic rings. The number of nitrogens with one attached hydrogen (secondary N) is 1. The number of ether oxygens (including phenoxy) is 1. The van der Waals surface area contributed by atoms with Crippen LogP contribution in [0.15, 0.2) is 53.0 Å². The number of hydrogen-bond acceptors (Lipinski definition) is 4. The predicted octanol–water partition coefficient (Wildman–Crippen LogP) is 3.64. The SMILES string of the molecule is O=C(COC(=O)[C@H]1CC(=O)N(c2ccccc2)C1)Nc1ccc(Br)c(Cl)c1. The largest absolute Gasteiger partial charge is 0.455 e. The van der Waals surface area contributed by atoms with Crippen molar-refractivity contribution in [2.45, 2.75) is 6.42 Å². The molecular formula is C19H16BrClN2O4. The summed E-state index contributed by atoms with van der Waals surface area (Å²) in [5.74, 6) is -1.78. The molecule has 0 unspecified atom stereocenters. The fraction of sp³-hybridized carbons (Fsp3) is 0.211. The van der Waals surface area contributed by atoms with Crippen molar-refractivity contribution in [1.82, 2.24) is 0 Å². The van der Waals surface area contributed by atoms with E-state index in [1.807, 2.05) is 30.3 Å². The van der Waals surface area contributed by atoms with Crippen LogP contribution in [0.25, 0.3) is 0 Å². The Bertz CT molecular complexity index is 875. The normalized spacial score (nSPS) is 16.3. The molecule has 1 aliphatic rings. The van der Waals surface area contributed by atoms with Gasteiger partial charge in [-0.25, -0.2) is 0 Å². The molecular weight excluding hydrogens is 436 g/mol. The Balaban J connectivity index is 1.51. The predicted molar refractivity (Wildman–Crippen MR) is 106 cm³/mol. The van der Waals surface area contributed by atoms with E-state index in [-0.39, 0.29) is 18.9 Å². The summed E-state index contributed by atoms with van der Waals surface area (Å²) in [7, 11) is 0. The summed E-state index contributed by atoms with van der Waals surface area (Å²) in [6.07, 6.45) is 0.0671. The summed E-state index contributed by atoms with van der Waals surface area (Å²) < 4.78 is 5.78. The van der Waals surface area contributed by atoms with E-state index in [2.05, 4.69) is 21.2 Å². The van der Waals surface area contributed by atoms with Gasteiger partial charge in [0.15, 0.2) is 6.61 Å². The molecule has 0 saturated carbocycles. The summed E-state index contributed by atoms with van der Waals surface area (Å²) in [6.45, 7) is -0.186. The number of anilines is 2. The van der Waals surface area contributed by atoms with E-state index in [1.165, 1.54) is 0 Å². The third-order valence-corrected chi connectivity index (χ3v) is 5.31. The lowest BCUT2D eigenvalue weighted by molar-refractivity contribution is -0.151. The van der Waals surface area contributed by atoms with Gasteiger partial charge in [0.2, 0.25) is 5.91 Å². The van der Waals surface area contributed by atoms with Gasteiger partial charge in [-0.2, -0.15) is 0 Å². The van der Waals surface area contributed by atoms with Crippen LogP contribution in [0.1, 0.15) is 6.42 Å². The fourth-order valence-electron chi connectivity index (χ4n) is 2.75. The van der Waals surface area contributed by atoms with Crippen molar-refractivity contribution in [1.29, 1.82) is 0 Å². The van der Waals surface area contributed by atoms with E-state index < -0.39 is 24.4 Å². The maximum absolute atomic E-state index is 12.2. The summed E-state index contributed by atoms with van der Waals surface area (Å²) in [6, 6.07) is 14.1. The van der Waals surface area contributed by atoms with Crippen molar-refractivity contribution >= 4 is 56.7 Å². The third-order valence-electron chi connectivity index (χ3n) is 4.08. The van der Waals surface area contributed by atoms with Gasteiger partial charge in [-0.15, -0.1) is 0 Å². The molecule has 1 fully saturated rings. The number of carbonyl (C=O) groups is 3. The van der Waals surface area contributed by atoms with Crippen molar-refractivity contribution in [3.8, 4) is 0 Å². The number of para-hydroxylation sites is 1. The van der Waals surface area contributed by atoms with Crippen LogP contribution in [0.3, 0.4) is 0 Å². The molecule has 1 aliphatic heterocycles. The summed E-state index contributed by atoms with van der Waals surface area (Å²) in [5, 5.41) is 3.05. The van der Waals surface area contributed by atoms with Gasteiger partial charge in [0.05, 0.1) is 10.9 Å². The molecule has 2 amide bonds. The highest BCUT2D eigenvalue weighted by Gasteiger charge is 2.36. The number of esters is 1. The molecule has 3 rings (SSSR count). The minimum absolute atomic E-state index is 0.0671. The highest BCUT2D eigenvalue weighted by Crippen LogP contribution is 2.26. The van der Waals surface area contributed by atoms with Crippen LogP contribution in [0.2, 0.25) is 5.02 Å². The van der Waals surface area contributed by atoms with E-state index >= 15 is 0 Å². The fourth-order valence-corrected chi connectivity index (χ4v) is 3.18. The molecule has 0 aromatic heterocycles. The monoisotopic (exact) mass is 450 g/mol. The molecule has 27 heavy (non-hydrogen) atoms. The van der Waals surface area contributed by atoms with Crippen LogP contribution in [-0.4, -0.2) is 30.9 Å². The van der Waals surface area contributed by atoms with Crippen LogP contribution in [0.5, 0.6) is 0 Å². The zero-order chi connectivity index (χ0) is 19.4. The first kappa shape index (κ1) is 19.4. The highest BCUT2D eigenvalue weighted by molar-refractivity contribution is 9.10. The minimum Gasteiger partial charge on any atom is -0.455 e. The Labute approximate surface area is 169 Å². The molecule has 1 saturated heterocycles. The van der Waals surface area contributed by atoms with Crippen LogP contribution in [0.4, 0.5) is 11.4 Å². The van der Waals surface area contributed by atoms with Gasteiger partial charge in [0.25, 0.3) is 5.91 Å². The van der Waals surface area contributed by atoms with E-state index in [4.69, 9.17) is 16.3 Å². The number of halogens is 2. The summed E-state index contributed by atoms with van der Waals surface area (Å²) in [4.78, 5) is 37.9. The lowest BCUT2D eigenvalue weighted by Crippen LogP contribution is -2.28. The maximum atomic E-state index is 12.2. The van der Waals surface area contributed by atoms with E-state index in [9.17, 15) is 14.4 Å². The van der Waals surface area contributed by atoms with Gasteiger partial charge in [-0.05, 0) is 46.3 Å². The molecule has 1 heterocycles. The Morgan fingerprint density at radius 1 is 1.22 bits per heavy atom. The molecule has 140 valence electrons. The first-order chi connectivity index (χ1) is 12.9. The van der Waals surface area contributed by atoms with Crippen LogP contribution in [0, 0.1) is 5.92 Å². The van der Waals surface area contributed by atoms with Crippen molar-refractivity contribution in [2.75, 3.05) is 23.4 Å².